The van der Waals surface area contributed by atoms with E-state index in [2.05, 4.69) is 19.4 Å². The molecule has 5 nitrogen and oxygen atoms in total. The lowest BCUT2D eigenvalue weighted by atomic mass is 10.8. The molecule has 0 fully saturated rings. The Labute approximate surface area is 71.6 Å². The quantitative estimate of drug-likeness (QED) is 0.238. The van der Waals surface area contributed by atoms with Crippen LogP contribution >= 0.6 is 23.3 Å². The summed E-state index contributed by atoms with van der Waals surface area (Å²) in [6.07, 6.45) is 1.51. The molecule has 0 saturated heterocycles. The Hall–Kier alpha value is -0.780. The van der Waals surface area contributed by atoms with Crippen molar-refractivity contribution in [3.05, 3.63) is 16.8 Å². The van der Waals surface area contributed by atoms with Crippen LogP contribution in [0.2, 0.25) is 0 Å². The molecule has 0 aliphatic rings. The highest BCUT2D eigenvalue weighted by Gasteiger charge is 1.94. The van der Waals surface area contributed by atoms with Crippen molar-refractivity contribution in [2.75, 3.05) is 12.3 Å². The van der Waals surface area contributed by atoms with Gasteiger partial charge in [0.25, 0.3) is 0 Å². The molecule has 0 unspecified atom stereocenters. The zero-order valence-corrected chi connectivity index (χ0v) is 7.18. The van der Waals surface area contributed by atoms with Crippen LogP contribution in [-0.2, 0) is 0 Å². The number of thioether (sulfide) groups is 1. The number of azide groups is 1. The van der Waals surface area contributed by atoms with Gasteiger partial charge in [0.2, 0.25) is 0 Å². The summed E-state index contributed by atoms with van der Waals surface area (Å²) in [6, 6.07) is 0. The lowest BCUT2D eigenvalue weighted by Crippen LogP contribution is -1.81. The van der Waals surface area contributed by atoms with E-state index < -0.39 is 0 Å². The van der Waals surface area contributed by atoms with Crippen molar-refractivity contribution < 1.29 is 0 Å². The van der Waals surface area contributed by atoms with Gasteiger partial charge in [-0.1, -0.05) is 16.9 Å². The molecule has 0 atom stereocenters. The van der Waals surface area contributed by atoms with Crippen molar-refractivity contribution >= 4 is 23.3 Å². The summed E-state index contributed by atoms with van der Waals surface area (Å²) < 4.78 is 4.74. The van der Waals surface area contributed by atoms with Gasteiger partial charge in [-0.15, -0.1) is 0 Å². The number of hydrogen-bond donors (Lipinski definition) is 0. The third-order valence-electron chi connectivity index (χ3n) is 0.821. The third kappa shape index (κ3) is 3.22. The minimum absolute atomic E-state index is 0.501. The smallest absolute Gasteiger partial charge is 0.169 e. The number of aromatic nitrogens is 2. The Kier molecular flexibility index (Phi) is 3.74. The first-order valence-corrected chi connectivity index (χ1v) is 4.59. The van der Waals surface area contributed by atoms with E-state index in [0.29, 0.717) is 6.54 Å². The van der Waals surface area contributed by atoms with Gasteiger partial charge in [0.15, 0.2) is 4.34 Å². The molecule has 0 aliphatic heterocycles. The molecule has 1 aromatic rings. The van der Waals surface area contributed by atoms with Crippen molar-refractivity contribution in [3.63, 3.8) is 0 Å². The highest BCUT2D eigenvalue weighted by Crippen LogP contribution is 2.17. The van der Waals surface area contributed by atoms with Crippen LogP contribution in [0.1, 0.15) is 0 Å². The minimum Gasteiger partial charge on any atom is -0.216 e. The normalized spacial score (nSPS) is 9.09. The van der Waals surface area contributed by atoms with Gasteiger partial charge in [-0.25, -0.2) is 4.98 Å². The Bertz CT molecular complexity index is 239. The zero-order valence-electron chi connectivity index (χ0n) is 5.54. The lowest BCUT2D eigenvalue weighted by molar-refractivity contribution is 1.11. The van der Waals surface area contributed by atoms with Crippen molar-refractivity contribution in [2.24, 2.45) is 5.11 Å². The monoisotopic (exact) mass is 187 g/mol. The largest absolute Gasteiger partial charge is 0.216 e. The van der Waals surface area contributed by atoms with Crippen LogP contribution in [0.3, 0.4) is 0 Å². The summed E-state index contributed by atoms with van der Waals surface area (Å²) >= 11 is 2.90. The summed E-state index contributed by atoms with van der Waals surface area (Å²) in [5.74, 6) is 0.763. The summed E-state index contributed by atoms with van der Waals surface area (Å²) in [4.78, 5) is 6.58. The molecule has 1 heterocycles. The van der Waals surface area contributed by atoms with Crippen LogP contribution in [0.15, 0.2) is 15.8 Å². The summed E-state index contributed by atoms with van der Waals surface area (Å²) in [5.41, 5.74) is 7.95. The molecule has 11 heavy (non-hydrogen) atoms. The molecule has 0 aliphatic carbocycles. The molecule has 0 amide bonds. The first-order chi connectivity index (χ1) is 5.43. The van der Waals surface area contributed by atoms with Crippen LogP contribution in [0, 0.1) is 0 Å². The number of nitrogens with zero attached hydrogens (tertiary/aromatic N) is 5. The Morgan fingerprint density at radius 1 is 1.82 bits per heavy atom. The van der Waals surface area contributed by atoms with E-state index in [4.69, 9.17) is 5.53 Å². The van der Waals surface area contributed by atoms with E-state index in [1.54, 1.807) is 11.8 Å². The second kappa shape index (κ2) is 4.95. The zero-order chi connectivity index (χ0) is 7.94. The molecule has 0 spiro atoms. The van der Waals surface area contributed by atoms with Crippen LogP contribution < -0.4 is 0 Å². The summed E-state index contributed by atoms with van der Waals surface area (Å²) in [5, 5.41) is 3.39. The topological polar surface area (TPSA) is 74.5 Å². The van der Waals surface area contributed by atoms with Crippen LogP contribution in [0.4, 0.5) is 0 Å². The van der Waals surface area contributed by atoms with Gasteiger partial charge >= 0.3 is 0 Å². The number of hydrogen-bond acceptors (Lipinski definition) is 5. The average Bonchev–Trinajstić information content (AvgIpc) is 2.50. The van der Waals surface area contributed by atoms with Gasteiger partial charge in [-0.2, -0.15) is 4.37 Å². The molecule has 0 aromatic carbocycles. The van der Waals surface area contributed by atoms with E-state index in [9.17, 15) is 0 Å². The second-order valence-electron chi connectivity index (χ2n) is 1.51. The molecule has 7 heteroatoms. The van der Waals surface area contributed by atoms with Gasteiger partial charge < -0.3 is 0 Å². The van der Waals surface area contributed by atoms with Gasteiger partial charge in [0.1, 0.15) is 6.33 Å². The highest BCUT2D eigenvalue weighted by atomic mass is 32.2. The Balaban J connectivity index is 2.18. The average molecular weight is 187 g/mol. The maximum Gasteiger partial charge on any atom is 0.169 e. The minimum atomic E-state index is 0.501. The molecule has 58 valence electrons. The fourth-order valence-corrected chi connectivity index (χ4v) is 1.78. The van der Waals surface area contributed by atoms with E-state index in [-0.39, 0.29) is 0 Å². The number of rotatable bonds is 4. The van der Waals surface area contributed by atoms with Gasteiger partial charge in [-0.05, 0) is 17.1 Å². The fourth-order valence-electron chi connectivity index (χ4n) is 0.445. The molecule has 1 aromatic heterocycles. The van der Waals surface area contributed by atoms with Crippen LogP contribution in [0.5, 0.6) is 0 Å². The highest BCUT2D eigenvalue weighted by molar-refractivity contribution is 8.00. The lowest BCUT2D eigenvalue weighted by Gasteiger charge is -1.88. The van der Waals surface area contributed by atoms with Crippen molar-refractivity contribution in [1.29, 1.82) is 0 Å². The van der Waals surface area contributed by atoms with Gasteiger partial charge in [-0.3, -0.25) is 0 Å². The van der Waals surface area contributed by atoms with Gasteiger partial charge in [0.05, 0.1) is 0 Å². The molecule has 0 bridgehead atoms. The summed E-state index contributed by atoms with van der Waals surface area (Å²) in [6.45, 7) is 0.501. The van der Waals surface area contributed by atoms with E-state index in [0.717, 1.165) is 10.1 Å². The molecule has 0 N–H and O–H groups in total. The SMILES string of the molecule is [N-]=[N+]=NCCSc1ncns1. The van der Waals surface area contributed by atoms with Gasteiger partial charge in [0, 0.05) is 17.2 Å². The Morgan fingerprint density at radius 2 is 2.73 bits per heavy atom. The van der Waals surface area contributed by atoms with E-state index in [1.807, 2.05) is 0 Å². The molecular weight excluding hydrogens is 182 g/mol. The van der Waals surface area contributed by atoms with Crippen LogP contribution in [-0.4, -0.2) is 21.7 Å². The first kappa shape index (κ1) is 8.32. The predicted molar refractivity (Wildman–Crippen MR) is 44.6 cm³/mol. The first-order valence-electron chi connectivity index (χ1n) is 2.84. The predicted octanol–water partition coefficient (Wildman–Crippen LogP) is 1.94. The summed E-state index contributed by atoms with van der Waals surface area (Å²) in [7, 11) is 0. The molecule has 0 saturated carbocycles. The van der Waals surface area contributed by atoms with Crippen molar-refractivity contribution in [2.45, 2.75) is 4.34 Å². The standard InChI is InChI=1S/C4H5N5S2/c5-9-7-1-2-10-4-6-3-8-11-4/h3H,1-2H2. The van der Waals surface area contributed by atoms with Crippen molar-refractivity contribution in [3.8, 4) is 0 Å². The van der Waals surface area contributed by atoms with E-state index >= 15 is 0 Å². The fraction of sp³-hybridized carbons (Fsp3) is 0.500. The maximum absolute atomic E-state index is 7.95. The van der Waals surface area contributed by atoms with Crippen molar-refractivity contribution in [1.82, 2.24) is 9.36 Å². The molecule has 1 rings (SSSR count). The molecular formula is C4H5N5S2. The Morgan fingerprint density at radius 3 is 3.36 bits per heavy atom. The van der Waals surface area contributed by atoms with E-state index in [1.165, 1.54) is 17.9 Å². The maximum atomic E-state index is 7.95. The third-order valence-corrected chi connectivity index (χ3v) is 2.60. The second-order valence-corrected chi connectivity index (χ2v) is 3.63. The molecule has 0 radical (unpaired) electrons. The van der Waals surface area contributed by atoms with Crippen LogP contribution in [0.25, 0.3) is 10.4 Å².